The van der Waals surface area contributed by atoms with Crippen molar-refractivity contribution in [1.29, 1.82) is 0 Å². The number of carbonyl (C=O) groups excluding carboxylic acids is 1. The van der Waals surface area contributed by atoms with Crippen LogP contribution in [0.5, 0.6) is 0 Å². The van der Waals surface area contributed by atoms with Crippen LogP contribution >= 0.6 is 0 Å². The van der Waals surface area contributed by atoms with Crippen molar-refractivity contribution in [2.45, 2.75) is 51.0 Å². The fourth-order valence-electron chi connectivity index (χ4n) is 2.86. The summed E-state index contributed by atoms with van der Waals surface area (Å²) in [6.07, 6.45) is 4.58. The predicted molar refractivity (Wildman–Crippen MR) is 76.0 cm³/mol. The fraction of sp³-hybridized carbons (Fsp3) is 0.562. The number of nitrogens with one attached hydrogen (secondary N) is 1. The summed E-state index contributed by atoms with van der Waals surface area (Å²) in [5, 5.41) is 12.1. The number of fused-ring (bicyclic) bond motifs is 1. The van der Waals surface area contributed by atoms with Crippen molar-refractivity contribution in [1.82, 2.24) is 5.32 Å². The third-order valence-corrected chi connectivity index (χ3v) is 4.00. The average molecular weight is 261 g/mol. The lowest BCUT2D eigenvalue weighted by Gasteiger charge is -2.26. The normalized spacial score (nSPS) is 19.6. The van der Waals surface area contributed by atoms with Gasteiger partial charge in [0.25, 0.3) is 0 Å². The van der Waals surface area contributed by atoms with Gasteiger partial charge in [-0.3, -0.25) is 4.79 Å². The van der Waals surface area contributed by atoms with E-state index in [0.717, 1.165) is 25.7 Å². The standard InChI is InChI=1S/C16H23NO2/c1-2-13(10-11-18)17-16(19)15-9-5-7-12-6-3-4-8-14(12)15/h3-4,6,8,13,15,18H,2,5,7,9-11H2,1H3,(H,17,19). The van der Waals surface area contributed by atoms with Crippen molar-refractivity contribution in [3.8, 4) is 0 Å². The molecule has 2 atom stereocenters. The van der Waals surface area contributed by atoms with Crippen molar-refractivity contribution in [2.24, 2.45) is 0 Å². The molecule has 0 radical (unpaired) electrons. The Morgan fingerprint density at radius 1 is 1.47 bits per heavy atom. The van der Waals surface area contributed by atoms with Crippen LogP contribution in [0.15, 0.2) is 24.3 Å². The van der Waals surface area contributed by atoms with E-state index in [1.165, 1.54) is 11.1 Å². The third-order valence-electron chi connectivity index (χ3n) is 4.00. The van der Waals surface area contributed by atoms with Gasteiger partial charge >= 0.3 is 0 Å². The Labute approximate surface area is 115 Å². The van der Waals surface area contributed by atoms with Crippen LogP contribution < -0.4 is 5.32 Å². The molecule has 1 aromatic rings. The Morgan fingerprint density at radius 3 is 3.00 bits per heavy atom. The molecule has 2 N–H and O–H groups in total. The molecule has 2 unspecified atom stereocenters. The first kappa shape index (κ1) is 14.1. The molecule has 104 valence electrons. The van der Waals surface area contributed by atoms with E-state index in [2.05, 4.69) is 17.4 Å². The molecule has 0 saturated carbocycles. The summed E-state index contributed by atoms with van der Waals surface area (Å²) in [7, 11) is 0. The highest BCUT2D eigenvalue weighted by molar-refractivity contribution is 5.84. The van der Waals surface area contributed by atoms with E-state index in [-0.39, 0.29) is 24.5 Å². The van der Waals surface area contributed by atoms with Gasteiger partial charge in [-0.1, -0.05) is 31.2 Å². The average Bonchev–Trinajstić information content (AvgIpc) is 2.46. The van der Waals surface area contributed by atoms with E-state index in [4.69, 9.17) is 5.11 Å². The SMILES string of the molecule is CCC(CCO)NC(=O)C1CCCc2ccccc21. The number of benzene rings is 1. The number of rotatable bonds is 5. The van der Waals surface area contributed by atoms with Crippen LogP contribution in [0.1, 0.15) is 49.7 Å². The lowest BCUT2D eigenvalue weighted by atomic mass is 9.82. The molecule has 19 heavy (non-hydrogen) atoms. The van der Waals surface area contributed by atoms with E-state index in [1.807, 2.05) is 19.1 Å². The zero-order valence-corrected chi connectivity index (χ0v) is 11.6. The lowest BCUT2D eigenvalue weighted by molar-refractivity contribution is -0.123. The van der Waals surface area contributed by atoms with Gasteiger partial charge in [-0.25, -0.2) is 0 Å². The number of aliphatic hydroxyl groups is 1. The maximum absolute atomic E-state index is 12.4. The second kappa shape index (κ2) is 6.71. The van der Waals surface area contributed by atoms with E-state index < -0.39 is 0 Å². The Morgan fingerprint density at radius 2 is 2.26 bits per heavy atom. The van der Waals surface area contributed by atoms with Crippen LogP contribution in [0.4, 0.5) is 0 Å². The van der Waals surface area contributed by atoms with Crippen LogP contribution in [0, 0.1) is 0 Å². The van der Waals surface area contributed by atoms with E-state index >= 15 is 0 Å². The van der Waals surface area contributed by atoms with Gasteiger partial charge in [0.1, 0.15) is 0 Å². The predicted octanol–water partition coefficient (Wildman–Crippen LogP) is 2.38. The van der Waals surface area contributed by atoms with Crippen LogP contribution in [0.2, 0.25) is 0 Å². The molecule has 0 aromatic heterocycles. The zero-order valence-electron chi connectivity index (χ0n) is 11.6. The quantitative estimate of drug-likeness (QED) is 0.855. The van der Waals surface area contributed by atoms with Gasteiger partial charge in [-0.15, -0.1) is 0 Å². The maximum Gasteiger partial charge on any atom is 0.227 e. The minimum absolute atomic E-state index is 0.0160. The smallest absolute Gasteiger partial charge is 0.227 e. The van der Waals surface area contributed by atoms with Crippen molar-refractivity contribution < 1.29 is 9.90 Å². The number of aliphatic hydroxyl groups excluding tert-OH is 1. The van der Waals surface area contributed by atoms with Crippen LogP contribution in [-0.2, 0) is 11.2 Å². The molecule has 2 rings (SSSR count). The molecule has 3 heteroatoms. The van der Waals surface area contributed by atoms with Crippen LogP contribution in [0.25, 0.3) is 0 Å². The van der Waals surface area contributed by atoms with Gasteiger partial charge in [-0.05, 0) is 43.2 Å². The second-order valence-corrected chi connectivity index (χ2v) is 5.27. The largest absolute Gasteiger partial charge is 0.396 e. The van der Waals surface area contributed by atoms with Crippen molar-refractivity contribution in [3.05, 3.63) is 35.4 Å². The van der Waals surface area contributed by atoms with Crippen molar-refractivity contribution in [2.75, 3.05) is 6.61 Å². The topological polar surface area (TPSA) is 49.3 Å². The van der Waals surface area contributed by atoms with Gasteiger partial charge in [-0.2, -0.15) is 0 Å². The Hall–Kier alpha value is -1.35. The molecule has 0 bridgehead atoms. The summed E-state index contributed by atoms with van der Waals surface area (Å²) >= 11 is 0. The Balaban J connectivity index is 2.08. The van der Waals surface area contributed by atoms with Crippen LogP contribution in [-0.4, -0.2) is 23.7 Å². The first-order chi connectivity index (χ1) is 9.26. The maximum atomic E-state index is 12.4. The minimum Gasteiger partial charge on any atom is -0.396 e. The van der Waals surface area contributed by atoms with Crippen LogP contribution in [0.3, 0.4) is 0 Å². The zero-order chi connectivity index (χ0) is 13.7. The first-order valence-corrected chi connectivity index (χ1v) is 7.25. The fourth-order valence-corrected chi connectivity index (χ4v) is 2.86. The molecule has 0 saturated heterocycles. The highest BCUT2D eigenvalue weighted by atomic mass is 16.3. The molecule has 1 aliphatic rings. The summed E-state index contributed by atoms with van der Waals surface area (Å²) in [6, 6.07) is 8.34. The number of aryl methyl sites for hydroxylation is 1. The van der Waals surface area contributed by atoms with Gasteiger partial charge in [0, 0.05) is 12.6 Å². The first-order valence-electron chi connectivity index (χ1n) is 7.25. The van der Waals surface area contributed by atoms with Gasteiger partial charge in [0.2, 0.25) is 5.91 Å². The minimum atomic E-state index is -0.0160. The highest BCUT2D eigenvalue weighted by Crippen LogP contribution is 2.31. The summed E-state index contributed by atoms with van der Waals surface area (Å²) in [6.45, 7) is 2.16. The number of carbonyl (C=O) groups is 1. The monoisotopic (exact) mass is 261 g/mol. The Kier molecular flexibility index (Phi) is 4.97. The molecule has 0 aliphatic heterocycles. The molecular formula is C16H23NO2. The highest BCUT2D eigenvalue weighted by Gasteiger charge is 2.27. The van der Waals surface area contributed by atoms with Crippen molar-refractivity contribution in [3.63, 3.8) is 0 Å². The molecule has 1 aromatic carbocycles. The summed E-state index contributed by atoms with van der Waals surface area (Å²) in [5.74, 6) is 0.102. The molecule has 0 heterocycles. The number of hydrogen-bond donors (Lipinski definition) is 2. The van der Waals surface area contributed by atoms with E-state index in [0.29, 0.717) is 6.42 Å². The van der Waals surface area contributed by atoms with Crippen molar-refractivity contribution >= 4 is 5.91 Å². The van der Waals surface area contributed by atoms with Gasteiger partial charge in [0.15, 0.2) is 0 Å². The Bertz CT molecular complexity index is 431. The molecule has 1 aliphatic carbocycles. The van der Waals surface area contributed by atoms with Gasteiger partial charge < -0.3 is 10.4 Å². The molecule has 0 fully saturated rings. The second-order valence-electron chi connectivity index (χ2n) is 5.27. The third kappa shape index (κ3) is 3.35. The lowest BCUT2D eigenvalue weighted by Crippen LogP contribution is -2.39. The molecule has 1 amide bonds. The molecular weight excluding hydrogens is 238 g/mol. The summed E-state index contributed by atoms with van der Waals surface area (Å²) in [5.41, 5.74) is 2.49. The van der Waals surface area contributed by atoms with E-state index in [1.54, 1.807) is 0 Å². The summed E-state index contributed by atoms with van der Waals surface area (Å²) in [4.78, 5) is 12.4. The van der Waals surface area contributed by atoms with E-state index in [9.17, 15) is 4.79 Å². The summed E-state index contributed by atoms with van der Waals surface area (Å²) < 4.78 is 0. The molecule has 0 spiro atoms. The van der Waals surface area contributed by atoms with Gasteiger partial charge in [0.05, 0.1) is 5.92 Å². The number of hydrogen-bond acceptors (Lipinski definition) is 2. The number of amides is 1. The molecule has 3 nitrogen and oxygen atoms in total.